The molecule has 154 valence electrons. The summed E-state index contributed by atoms with van der Waals surface area (Å²) in [5, 5.41) is 5.54. The molecule has 4 amide bonds. The Hall–Kier alpha value is -3.71. The van der Waals surface area contributed by atoms with Crippen LogP contribution in [0, 0.1) is 0 Å². The zero-order chi connectivity index (χ0) is 21.6. The van der Waals surface area contributed by atoms with Crippen LogP contribution in [0.4, 0.5) is 4.79 Å². The summed E-state index contributed by atoms with van der Waals surface area (Å²) < 4.78 is 0. The topological polar surface area (TPSA) is 91.4 Å². The van der Waals surface area contributed by atoms with Gasteiger partial charge in [0.25, 0.3) is 11.8 Å². The quantitative estimate of drug-likeness (QED) is 0.620. The third-order valence-electron chi connectivity index (χ3n) is 5.71. The highest BCUT2D eigenvalue weighted by Crippen LogP contribution is 2.33. The minimum Gasteiger partial charge on any atom is -0.331 e. The van der Waals surface area contributed by atoms with E-state index in [-0.39, 0.29) is 12.5 Å². The third-order valence-corrected chi connectivity index (χ3v) is 5.95. The van der Waals surface area contributed by atoms with Gasteiger partial charge in [0.1, 0.15) is 0 Å². The Labute approximate surface area is 183 Å². The van der Waals surface area contributed by atoms with Gasteiger partial charge in [0.15, 0.2) is 5.54 Å². The van der Waals surface area contributed by atoms with E-state index >= 15 is 0 Å². The van der Waals surface area contributed by atoms with Crippen LogP contribution in [0.1, 0.15) is 21.5 Å². The molecule has 2 aliphatic heterocycles. The molecule has 0 aliphatic carbocycles. The Kier molecular flexibility index (Phi) is 4.48. The first-order valence-electron chi connectivity index (χ1n) is 9.68. The lowest BCUT2D eigenvalue weighted by molar-refractivity contribution is -0.124. The second kappa shape index (κ2) is 7.21. The molecule has 5 rings (SSSR count). The molecular formula is C23H17ClN4O3. The molecule has 0 bridgehead atoms. The highest BCUT2D eigenvalue weighted by molar-refractivity contribution is 6.31. The Morgan fingerprint density at radius 2 is 1.68 bits per heavy atom. The van der Waals surface area contributed by atoms with Gasteiger partial charge in [-0.2, -0.15) is 0 Å². The van der Waals surface area contributed by atoms with Crippen molar-refractivity contribution in [1.82, 2.24) is 20.5 Å². The smallest absolute Gasteiger partial charge is 0.322 e. The van der Waals surface area contributed by atoms with Crippen molar-refractivity contribution in [1.29, 1.82) is 0 Å². The number of halogens is 1. The van der Waals surface area contributed by atoms with E-state index in [4.69, 9.17) is 11.6 Å². The number of hydrogen-bond acceptors (Lipinski definition) is 4. The number of hydrogen-bond donors (Lipinski definition) is 2. The number of fused-ring (bicyclic) bond motifs is 1. The number of carbonyl (C=O) groups excluding carboxylic acids is 3. The summed E-state index contributed by atoms with van der Waals surface area (Å²) in [6.07, 6.45) is 3.41. The molecule has 2 N–H and O–H groups in total. The molecule has 1 atom stereocenters. The van der Waals surface area contributed by atoms with E-state index in [0.29, 0.717) is 22.7 Å². The summed E-state index contributed by atoms with van der Waals surface area (Å²) >= 11 is 6.04. The summed E-state index contributed by atoms with van der Waals surface area (Å²) in [7, 11) is 0. The zero-order valence-corrected chi connectivity index (χ0v) is 17.0. The molecule has 0 unspecified atom stereocenters. The molecule has 7 nitrogen and oxygen atoms in total. The average molecular weight is 433 g/mol. The standard InChI is InChI=1S/C23H17ClN4O3/c24-18-6-3-16-12-28(20(29)19(16)11-18)13-23(21(30)26-22(31)27-23)17-4-1-14(2-5-17)15-7-9-25-10-8-15/h1-11H,12-13H2,(H2,26,27,30,31)/t23-/m1/s1. The zero-order valence-electron chi connectivity index (χ0n) is 16.3. The number of pyridine rings is 1. The minimum absolute atomic E-state index is 0.00428. The van der Waals surface area contributed by atoms with Crippen molar-refractivity contribution >= 4 is 29.4 Å². The van der Waals surface area contributed by atoms with Crippen LogP contribution < -0.4 is 10.6 Å². The van der Waals surface area contributed by atoms with Crippen molar-refractivity contribution in [2.75, 3.05) is 6.54 Å². The van der Waals surface area contributed by atoms with Crippen molar-refractivity contribution < 1.29 is 14.4 Å². The lowest BCUT2D eigenvalue weighted by Gasteiger charge is -2.31. The number of rotatable bonds is 4. The van der Waals surface area contributed by atoms with E-state index in [1.54, 1.807) is 47.6 Å². The monoisotopic (exact) mass is 432 g/mol. The van der Waals surface area contributed by atoms with E-state index in [2.05, 4.69) is 15.6 Å². The largest absolute Gasteiger partial charge is 0.331 e. The van der Waals surface area contributed by atoms with Crippen LogP contribution in [-0.2, 0) is 16.9 Å². The predicted octanol–water partition coefficient (Wildman–Crippen LogP) is 3.09. The minimum atomic E-state index is -1.38. The molecule has 0 spiro atoms. The van der Waals surface area contributed by atoms with Gasteiger partial charge in [-0.25, -0.2) is 4.79 Å². The molecule has 1 aromatic heterocycles. The van der Waals surface area contributed by atoms with Crippen molar-refractivity contribution in [3.05, 3.63) is 88.7 Å². The number of carbonyl (C=O) groups is 3. The SMILES string of the molecule is O=C1NC(=O)[C@@](CN2Cc3ccc(Cl)cc3C2=O)(c2ccc(-c3ccncc3)cc2)N1. The van der Waals surface area contributed by atoms with Crippen molar-refractivity contribution in [2.24, 2.45) is 0 Å². The average Bonchev–Trinajstić information content (AvgIpc) is 3.24. The van der Waals surface area contributed by atoms with E-state index in [1.807, 2.05) is 24.3 Å². The lowest BCUT2D eigenvalue weighted by atomic mass is 9.88. The van der Waals surface area contributed by atoms with Crippen LogP contribution in [0.25, 0.3) is 11.1 Å². The van der Waals surface area contributed by atoms with Crippen LogP contribution in [0.2, 0.25) is 5.02 Å². The van der Waals surface area contributed by atoms with Crippen LogP contribution in [0.5, 0.6) is 0 Å². The highest BCUT2D eigenvalue weighted by atomic mass is 35.5. The molecule has 0 radical (unpaired) electrons. The molecule has 3 heterocycles. The number of urea groups is 1. The number of nitrogens with one attached hydrogen (secondary N) is 2. The van der Waals surface area contributed by atoms with E-state index in [9.17, 15) is 14.4 Å². The second-order valence-corrected chi connectivity index (χ2v) is 8.03. The number of imide groups is 1. The molecule has 31 heavy (non-hydrogen) atoms. The van der Waals surface area contributed by atoms with Gasteiger partial charge in [0.2, 0.25) is 0 Å². The predicted molar refractivity (Wildman–Crippen MR) is 114 cm³/mol. The van der Waals surface area contributed by atoms with Gasteiger partial charge < -0.3 is 10.2 Å². The van der Waals surface area contributed by atoms with Gasteiger partial charge in [-0.3, -0.25) is 19.9 Å². The maximum absolute atomic E-state index is 13.0. The molecule has 3 aromatic rings. The third kappa shape index (κ3) is 3.23. The second-order valence-electron chi connectivity index (χ2n) is 7.59. The summed E-state index contributed by atoms with van der Waals surface area (Å²) in [5.41, 5.74) is 2.50. The maximum Gasteiger partial charge on any atom is 0.322 e. The van der Waals surface area contributed by atoms with Crippen molar-refractivity contribution in [3.8, 4) is 11.1 Å². The van der Waals surface area contributed by atoms with Gasteiger partial charge in [0, 0.05) is 29.5 Å². The highest BCUT2D eigenvalue weighted by Gasteiger charge is 2.50. The molecule has 8 heteroatoms. The Balaban J connectivity index is 1.49. The molecule has 1 fully saturated rings. The first kappa shape index (κ1) is 19.3. The fraction of sp³-hybridized carbons (Fsp3) is 0.130. The number of aromatic nitrogens is 1. The maximum atomic E-state index is 13.0. The molecule has 2 aliphatic rings. The Bertz CT molecular complexity index is 1210. The van der Waals surface area contributed by atoms with Gasteiger partial charge in [-0.05, 0) is 46.5 Å². The molecule has 2 aromatic carbocycles. The van der Waals surface area contributed by atoms with Crippen molar-refractivity contribution in [3.63, 3.8) is 0 Å². The van der Waals surface area contributed by atoms with Crippen LogP contribution in [-0.4, -0.2) is 34.3 Å². The summed E-state index contributed by atoms with van der Waals surface area (Å²) in [4.78, 5) is 43.5. The number of nitrogens with zero attached hydrogens (tertiary/aromatic N) is 2. The first-order chi connectivity index (χ1) is 15.0. The number of amides is 4. The summed E-state index contributed by atoms with van der Waals surface area (Å²) in [6, 6.07) is 15.7. The van der Waals surface area contributed by atoms with Crippen molar-refractivity contribution in [2.45, 2.75) is 12.1 Å². The van der Waals surface area contributed by atoms with Gasteiger partial charge in [0.05, 0.1) is 6.54 Å². The van der Waals surface area contributed by atoms with Gasteiger partial charge in [-0.15, -0.1) is 0 Å². The lowest BCUT2D eigenvalue weighted by Crippen LogP contribution is -2.52. The molecular weight excluding hydrogens is 416 g/mol. The normalized spacial score (nSPS) is 19.9. The van der Waals surface area contributed by atoms with Crippen LogP contribution in [0.3, 0.4) is 0 Å². The fourth-order valence-electron chi connectivity index (χ4n) is 4.14. The van der Waals surface area contributed by atoms with E-state index < -0.39 is 17.5 Å². The summed E-state index contributed by atoms with van der Waals surface area (Å²) in [5.74, 6) is -0.713. The molecule has 1 saturated heterocycles. The Morgan fingerprint density at radius 1 is 0.968 bits per heavy atom. The van der Waals surface area contributed by atoms with Crippen LogP contribution in [0.15, 0.2) is 67.0 Å². The fourth-order valence-corrected chi connectivity index (χ4v) is 4.31. The van der Waals surface area contributed by atoms with E-state index in [0.717, 1.165) is 16.7 Å². The van der Waals surface area contributed by atoms with E-state index in [1.165, 1.54) is 0 Å². The number of benzene rings is 2. The molecule has 0 saturated carbocycles. The van der Waals surface area contributed by atoms with Gasteiger partial charge >= 0.3 is 6.03 Å². The van der Waals surface area contributed by atoms with Crippen LogP contribution >= 0.6 is 11.6 Å². The Morgan fingerprint density at radius 3 is 2.35 bits per heavy atom. The summed E-state index contributed by atoms with van der Waals surface area (Å²) in [6.45, 7) is 0.343. The van der Waals surface area contributed by atoms with Gasteiger partial charge in [-0.1, -0.05) is 41.9 Å². The first-order valence-corrected chi connectivity index (χ1v) is 10.1.